The number of halogens is 1. The van der Waals surface area contributed by atoms with E-state index < -0.39 is 0 Å². The predicted molar refractivity (Wildman–Crippen MR) is 73.0 cm³/mol. The molecule has 96 valence electrons. The molecule has 18 heavy (non-hydrogen) atoms. The number of hydrogen-bond acceptors (Lipinski definition) is 2. The molecular formula is C14H16BrNO2. The number of imide groups is 1. The van der Waals surface area contributed by atoms with Crippen LogP contribution < -0.4 is 5.32 Å². The summed E-state index contributed by atoms with van der Waals surface area (Å²) in [6.45, 7) is 4.04. The van der Waals surface area contributed by atoms with Crippen molar-refractivity contribution in [3.63, 3.8) is 0 Å². The Morgan fingerprint density at radius 2 is 1.94 bits per heavy atom. The van der Waals surface area contributed by atoms with Crippen LogP contribution in [0, 0.1) is 5.41 Å². The fraction of sp³-hybridized carbons (Fsp3) is 0.429. The van der Waals surface area contributed by atoms with Gasteiger partial charge in [-0.3, -0.25) is 14.9 Å². The standard InChI is InChI=1S/C14H16BrNO2/c1-3-14(2)8-11(17)16-13(18)12(14)9-4-6-10(15)7-5-9/h4-7,12H,3,8H2,1-2H3,(H,16,17,18). The van der Waals surface area contributed by atoms with Crippen LogP contribution in [0.15, 0.2) is 28.7 Å². The van der Waals surface area contributed by atoms with E-state index in [1.807, 2.05) is 38.1 Å². The summed E-state index contributed by atoms with van der Waals surface area (Å²) >= 11 is 3.39. The van der Waals surface area contributed by atoms with Crippen LogP contribution in [0.5, 0.6) is 0 Å². The largest absolute Gasteiger partial charge is 0.296 e. The Morgan fingerprint density at radius 1 is 1.33 bits per heavy atom. The predicted octanol–water partition coefficient (Wildman–Crippen LogP) is 3.00. The van der Waals surface area contributed by atoms with Crippen LogP contribution in [0.2, 0.25) is 0 Å². The maximum Gasteiger partial charge on any atom is 0.234 e. The van der Waals surface area contributed by atoms with E-state index in [0.29, 0.717) is 6.42 Å². The molecule has 1 N–H and O–H groups in total. The van der Waals surface area contributed by atoms with Crippen molar-refractivity contribution in [2.24, 2.45) is 5.41 Å². The van der Waals surface area contributed by atoms with E-state index in [1.165, 1.54) is 0 Å². The minimum atomic E-state index is -0.298. The normalized spacial score (nSPS) is 28.1. The molecule has 1 heterocycles. The molecule has 0 radical (unpaired) electrons. The SMILES string of the molecule is CCC1(C)CC(=O)NC(=O)C1c1ccc(Br)cc1. The van der Waals surface area contributed by atoms with E-state index in [-0.39, 0.29) is 23.1 Å². The maximum absolute atomic E-state index is 12.1. The highest BCUT2D eigenvalue weighted by Crippen LogP contribution is 2.44. The summed E-state index contributed by atoms with van der Waals surface area (Å²) in [5, 5.41) is 2.44. The lowest BCUT2D eigenvalue weighted by atomic mass is 9.67. The van der Waals surface area contributed by atoms with Gasteiger partial charge in [0.2, 0.25) is 11.8 Å². The van der Waals surface area contributed by atoms with Gasteiger partial charge in [-0.05, 0) is 29.5 Å². The number of hydrogen-bond donors (Lipinski definition) is 1. The third-order valence-electron chi connectivity index (χ3n) is 3.80. The lowest BCUT2D eigenvalue weighted by molar-refractivity contribution is -0.139. The van der Waals surface area contributed by atoms with Gasteiger partial charge in [-0.15, -0.1) is 0 Å². The molecule has 1 aromatic rings. The number of rotatable bonds is 2. The Kier molecular flexibility index (Phi) is 3.57. The zero-order chi connectivity index (χ0) is 13.3. The third-order valence-corrected chi connectivity index (χ3v) is 4.33. The van der Waals surface area contributed by atoms with Crippen LogP contribution in [0.1, 0.15) is 38.2 Å². The number of amides is 2. The first kappa shape index (κ1) is 13.3. The van der Waals surface area contributed by atoms with Crippen molar-refractivity contribution in [3.8, 4) is 0 Å². The highest BCUT2D eigenvalue weighted by Gasteiger charge is 2.44. The summed E-state index contributed by atoms with van der Waals surface area (Å²) in [5.74, 6) is -0.607. The highest BCUT2D eigenvalue weighted by atomic mass is 79.9. The zero-order valence-electron chi connectivity index (χ0n) is 10.5. The zero-order valence-corrected chi connectivity index (χ0v) is 12.1. The van der Waals surface area contributed by atoms with Crippen molar-refractivity contribution in [3.05, 3.63) is 34.3 Å². The minimum absolute atomic E-state index is 0.169. The summed E-state index contributed by atoms with van der Waals surface area (Å²) in [4.78, 5) is 23.7. The second-order valence-electron chi connectivity index (χ2n) is 5.08. The molecule has 2 unspecified atom stereocenters. The highest BCUT2D eigenvalue weighted by molar-refractivity contribution is 9.10. The average Bonchev–Trinajstić information content (AvgIpc) is 2.30. The summed E-state index contributed by atoms with van der Waals surface area (Å²) < 4.78 is 0.983. The first-order chi connectivity index (χ1) is 8.46. The Labute approximate surface area is 115 Å². The topological polar surface area (TPSA) is 46.2 Å². The number of nitrogens with one attached hydrogen (secondary N) is 1. The van der Waals surface area contributed by atoms with E-state index in [4.69, 9.17) is 0 Å². The van der Waals surface area contributed by atoms with Crippen LogP contribution in [-0.2, 0) is 9.59 Å². The number of piperidine rings is 1. The Balaban J connectivity index is 2.42. The number of benzene rings is 1. The van der Waals surface area contributed by atoms with Crippen molar-refractivity contribution < 1.29 is 9.59 Å². The van der Waals surface area contributed by atoms with Crippen molar-refractivity contribution in [1.29, 1.82) is 0 Å². The molecule has 2 rings (SSSR count). The minimum Gasteiger partial charge on any atom is -0.296 e. The van der Waals surface area contributed by atoms with E-state index in [1.54, 1.807) is 0 Å². The molecule has 1 saturated heterocycles. The van der Waals surface area contributed by atoms with Crippen LogP contribution >= 0.6 is 15.9 Å². The molecular weight excluding hydrogens is 294 g/mol. The van der Waals surface area contributed by atoms with Gasteiger partial charge in [0.15, 0.2) is 0 Å². The van der Waals surface area contributed by atoms with Gasteiger partial charge < -0.3 is 0 Å². The van der Waals surface area contributed by atoms with Gasteiger partial charge in [-0.2, -0.15) is 0 Å². The number of carbonyl (C=O) groups is 2. The van der Waals surface area contributed by atoms with E-state index in [2.05, 4.69) is 21.2 Å². The molecule has 0 aliphatic carbocycles. The Hall–Kier alpha value is -1.16. The second kappa shape index (κ2) is 4.84. The van der Waals surface area contributed by atoms with Crippen molar-refractivity contribution in [2.45, 2.75) is 32.6 Å². The van der Waals surface area contributed by atoms with Gasteiger partial charge in [-0.25, -0.2) is 0 Å². The Morgan fingerprint density at radius 3 is 2.50 bits per heavy atom. The van der Waals surface area contributed by atoms with Gasteiger partial charge in [0, 0.05) is 10.9 Å². The van der Waals surface area contributed by atoms with Gasteiger partial charge in [0.05, 0.1) is 5.92 Å². The summed E-state index contributed by atoms with van der Waals surface area (Å²) in [6, 6.07) is 7.74. The van der Waals surface area contributed by atoms with Crippen molar-refractivity contribution >= 4 is 27.7 Å². The summed E-state index contributed by atoms with van der Waals surface area (Å²) in [7, 11) is 0. The molecule has 0 saturated carbocycles. The fourth-order valence-corrected chi connectivity index (χ4v) is 2.84. The summed E-state index contributed by atoms with van der Waals surface area (Å²) in [6.07, 6.45) is 1.20. The summed E-state index contributed by atoms with van der Waals surface area (Å²) in [5.41, 5.74) is 0.667. The van der Waals surface area contributed by atoms with E-state index in [9.17, 15) is 9.59 Å². The van der Waals surface area contributed by atoms with Gasteiger partial charge in [0.25, 0.3) is 0 Å². The number of carbonyl (C=O) groups excluding carboxylic acids is 2. The molecule has 1 aromatic carbocycles. The van der Waals surface area contributed by atoms with E-state index >= 15 is 0 Å². The first-order valence-corrected chi connectivity index (χ1v) is 6.85. The van der Waals surface area contributed by atoms with Crippen molar-refractivity contribution in [1.82, 2.24) is 5.32 Å². The molecule has 1 aliphatic heterocycles. The molecule has 1 fully saturated rings. The molecule has 0 spiro atoms. The molecule has 0 aromatic heterocycles. The molecule has 0 bridgehead atoms. The molecule has 4 heteroatoms. The van der Waals surface area contributed by atoms with Gasteiger partial charge in [0.1, 0.15) is 0 Å². The van der Waals surface area contributed by atoms with Gasteiger partial charge >= 0.3 is 0 Å². The lowest BCUT2D eigenvalue weighted by Gasteiger charge is -2.39. The monoisotopic (exact) mass is 309 g/mol. The maximum atomic E-state index is 12.1. The van der Waals surface area contributed by atoms with Gasteiger partial charge in [-0.1, -0.05) is 41.9 Å². The third kappa shape index (κ3) is 2.34. The molecule has 1 aliphatic rings. The Bertz CT molecular complexity index is 483. The fourth-order valence-electron chi connectivity index (χ4n) is 2.58. The van der Waals surface area contributed by atoms with Crippen LogP contribution in [0.4, 0.5) is 0 Å². The molecule has 3 nitrogen and oxygen atoms in total. The molecule has 2 amide bonds. The van der Waals surface area contributed by atoms with Crippen molar-refractivity contribution in [2.75, 3.05) is 0 Å². The van der Waals surface area contributed by atoms with E-state index in [0.717, 1.165) is 16.5 Å². The van der Waals surface area contributed by atoms with Crippen LogP contribution in [-0.4, -0.2) is 11.8 Å². The first-order valence-electron chi connectivity index (χ1n) is 6.05. The smallest absolute Gasteiger partial charge is 0.234 e. The lowest BCUT2D eigenvalue weighted by Crippen LogP contribution is -2.49. The molecule has 2 atom stereocenters. The quantitative estimate of drug-likeness (QED) is 0.854. The van der Waals surface area contributed by atoms with Crippen LogP contribution in [0.25, 0.3) is 0 Å². The average molecular weight is 310 g/mol. The van der Waals surface area contributed by atoms with Crippen LogP contribution in [0.3, 0.4) is 0 Å². The second-order valence-corrected chi connectivity index (χ2v) is 6.00.